The van der Waals surface area contributed by atoms with Gasteiger partial charge in [-0.25, -0.2) is 0 Å². The summed E-state index contributed by atoms with van der Waals surface area (Å²) in [5.74, 6) is -0.118. The van der Waals surface area contributed by atoms with E-state index in [4.69, 9.17) is 5.26 Å². The van der Waals surface area contributed by atoms with Crippen LogP contribution >= 0.6 is 0 Å². The molecule has 0 aliphatic carbocycles. The number of carbonyl (C=O) groups excluding carboxylic acids is 1. The molecule has 0 radical (unpaired) electrons. The number of nitriles is 1. The summed E-state index contributed by atoms with van der Waals surface area (Å²) < 4.78 is 0. The number of benzene rings is 1. The maximum atomic E-state index is 11.5. The lowest BCUT2D eigenvalue weighted by Gasteiger charge is -2.09. The molecule has 1 aromatic rings. The molecule has 1 heterocycles. The molecule has 1 aliphatic heterocycles. The molecule has 0 fully saturated rings. The molecule has 0 aromatic heterocycles. The van der Waals surface area contributed by atoms with Crippen LogP contribution in [0.5, 0.6) is 0 Å². The molecule has 0 saturated heterocycles. The summed E-state index contributed by atoms with van der Waals surface area (Å²) in [4.78, 5) is 11.5. The molecule has 4 nitrogen and oxygen atoms in total. The van der Waals surface area contributed by atoms with Crippen LogP contribution in [0.1, 0.15) is 5.56 Å². The molecule has 0 spiro atoms. The standard InChI is InChI=1S/C11H11N3O/c12-5-6-13-11(15)10-7-8-3-1-2-4-9(8)14-10/h1-4,10,14H,6-7H2,(H,13,15). The summed E-state index contributed by atoms with van der Waals surface area (Å²) in [6.45, 7) is 0.0629. The number of amides is 1. The highest BCUT2D eigenvalue weighted by molar-refractivity contribution is 5.87. The third kappa shape index (κ3) is 1.91. The largest absolute Gasteiger partial charge is 0.373 e. The predicted molar refractivity (Wildman–Crippen MR) is 56.2 cm³/mol. The quantitative estimate of drug-likeness (QED) is 0.691. The summed E-state index contributed by atoms with van der Waals surface area (Å²) in [7, 11) is 0. The number of fused-ring (bicyclic) bond motifs is 1. The summed E-state index contributed by atoms with van der Waals surface area (Å²) in [6.07, 6.45) is 0.688. The lowest BCUT2D eigenvalue weighted by molar-refractivity contribution is -0.121. The van der Waals surface area contributed by atoms with Gasteiger partial charge in [-0.15, -0.1) is 0 Å². The minimum Gasteiger partial charge on any atom is -0.373 e. The molecular weight excluding hydrogens is 190 g/mol. The van der Waals surface area contributed by atoms with Gasteiger partial charge in [0.25, 0.3) is 0 Å². The lowest BCUT2D eigenvalue weighted by Crippen LogP contribution is -2.38. The van der Waals surface area contributed by atoms with Gasteiger partial charge in [0.05, 0.1) is 6.07 Å². The van der Waals surface area contributed by atoms with Crippen LogP contribution in [0.25, 0.3) is 0 Å². The van der Waals surface area contributed by atoms with Crippen LogP contribution in [0, 0.1) is 11.3 Å². The number of nitrogens with one attached hydrogen (secondary N) is 2. The SMILES string of the molecule is N#CCNC(=O)C1Cc2ccccc2N1. The highest BCUT2D eigenvalue weighted by atomic mass is 16.2. The zero-order valence-corrected chi connectivity index (χ0v) is 8.16. The van der Waals surface area contributed by atoms with E-state index in [9.17, 15) is 4.79 Å². The van der Waals surface area contributed by atoms with Gasteiger partial charge in [0.2, 0.25) is 5.91 Å². The molecule has 1 atom stereocenters. The lowest BCUT2D eigenvalue weighted by atomic mass is 10.1. The van der Waals surface area contributed by atoms with Crippen molar-refractivity contribution in [2.24, 2.45) is 0 Å². The Balaban J connectivity index is 2.01. The van der Waals surface area contributed by atoms with Gasteiger partial charge < -0.3 is 10.6 Å². The number of hydrogen-bond acceptors (Lipinski definition) is 3. The molecular formula is C11H11N3O. The van der Waals surface area contributed by atoms with E-state index >= 15 is 0 Å². The zero-order valence-electron chi connectivity index (χ0n) is 8.16. The van der Waals surface area contributed by atoms with Gasteiger partial charge in [-0.1, -0.05) is 18.2 Å². The Bertz CT molecular complexity index is 397. The van der Waals surface area contributed by atoms with Gasteiger partial charge in [-0.2, -0.15) is 5.26 Å². The average molecular weight is 201 g/mol. The molecule has 1 unspecified atom stereocenters. The minimum absolute atomic E-state index is 0.0629. The molecule has 0 saturated carbocycles. The van der Waals surface area contributed by atoms with Crippen molar-refractivity contribution in [2.75, 3.05) is 11.9 Å². The van der Waals surface area contributed by atoms with E-state index in [1.54, 1.807) is 0 Å². The summed E-state index contributed by atoms with van der Waals surface area (Å²) >= 11 is 0. The topological polar surface area (TPSA) is 64.9 Å². The molecule has 2 N–H and O–H groups in total. The van der Waals surface area contributed by atoms with Crippen LogP contribution < -0.4 is 10.6 Å². The van der Waals surface area contributed by atoms with Gasteiger partial charge in [0, 0.05) is 12.1 Å². The molecule has 4 heteroatoms. The Morgan fingerprint density at radius 1 is 1.60 bits per heavy atom. The number of hydrogen-bond donors (Lipinski definition) is 2. The van der Waals surface area contributed by atoms with Crippen LogP contribution in [0.15, 0.2) is 24.3 Å². The summed E-state index contributed by atoms with van der Waals surface area (Å²) in [6, 6.07) is 9.48. The number of para-hydroxylation sites is 1. The Morgan fingerprint density at radius 2 is 2.40 bits per heavy atom. The van der Waals surface area contributed by atoms with Crippen LogP contribution in [-0.4, -0.2) is 18.5 Å². The average Bonchev–Trinajstić information content (AvgIpc) is 2.69. The van der Waals surface area contributed by atoms with Gasteiger partial charge in [0.1, 0.15) is 12.6 Å². The Morgan fingerprint density at radius 3 is 3.13 bits per heavy atom. The van der Waals surface area contributed by atoms with Crippen molar-refractivity contribution in [2.45, 2.75) is 12.5 Å². The molecule has 1 aliphatic rings. The van der Waals surface area contributed by atoms with E-state index in [2.05, 4.69) is 10.6 Å². The van der Waals surface area contributed by atoms with Crippen molar-refractivity contribution in [3.63, 3.8) is 0 Å². The number of anilines is 1. The first-order chi connectivity index (χ1) is 7.31. The van der Waals surface area contributed by atoms with Crippen LogP contribution in [0.4, 0.5) is 5.69 Å². The summed E-state index contributed by atoms with van der Waals surface area (Å²) in [5.41, 5.74) is 2.16. The monoisotopic (exact) mass is 201 g/mol. The van der Waals surface area contributed by atoms with E-state index < -0.39 is 0 Å². The molecule has 76 valence electrons. The predicted octanol–water partition coefficient (Wildman–Crippen LogP) is 0.663. The summed E-state index contributed by atoms with van der Waals surface area (Å²) in [5, 5.41) is 14.0. The Hall–Kier alpha value is -2.02. The maximum absolute atomic E-state index is 11.5. The molecule has 0 bridgehead atoms. The fourth-order valence-corrected chi connectivity index (χ4v) is 1.71. The second kappa shape index (κ2) is 4.01. The van der Waals surface area contributed by atoms with Crippen molar-refractivity contribution < 1.29 is 4.79 Å². The van der Waals surface area contributed by atoms with Crippen molar-refractivity contribution in [3.8, 4) is 6.07 Å². The molecule has 1 aromatic carbocycles. The fourth-order valence-electron chi connectivity index (χ4n) is 1.71. The van der Waals surface area contributed by atoms with Crippen LogP contribution in [0.3, 0.4) is 0 Å². The number of nitrogens with zero attached hydrogens (tertiary/aromatic N) is 1. The van der Waals surface area contributed by atoms with Crippen LogP contribution in [-0.2, 0) is 11.2 Å². The van der Waals surface area contributed by atoms with Crippen molar-refractivity contribution in [1.29, 1.82) is 5.26 Å². The second-order valence-electron chi connectivity index (χ2n) is 3.43. The minimum atomic E-state index is -0.240. The zero-order chi connectivity index (χ0) is 10.7. The van der Waals surface area contributed by atoms with Gasteiger partial charge in [-0.05, 0) is 11.6 Å². The maximum Gasteiger partial charge on any atom is 0.243 e. The normalized spacial score (nSPS) is 17.4. The molecule has 1 amide bonds. The van der Waals surface area contributed by atoms with E-state index in [-0.39, 0.29) is 18.5 Å². The number of carbonyl (C=O) groups is 1. The molecule has 15 heavy (non-hydrogen) atoms. The van der Waals surface area contributed by atoms with E-state index in [0.717, 1.165) is 11.3 Å². The number of rotatable bonds is 2. The van der Waals surface area contributed by atoms with E-state index in [1.165, 1.54) is 0 Å². The van der Waals surface area contributed by atoms with Gasteiger partial charge in [0.15, 0.2) is 0 Å². The molecule has 2 rings (SSSR count). The van der Waals surface area contributed by atoms with Crippen molar-refractivity contribution >= 4 is 11.6 Å². The first-order valence-electron chi connectivity index (χ1n) is 4.80. The smallest absolute Gasteiger partial charge is 0.243 e. The van der Waals surface area contributed by atoms with Crippen molar-refractivity contribution in [3.05, 3.63) is 29.8 Å². The van der Waals surface area contributed by atoms with Crippen molar-refractivity contribution in [1.82, 2.24) is 5.32 Å². The first kappa shape index (κ1) is 9.53. The third-order valence-corrected chi connectivity index (χ3v) is 2.43. The van der Waals surface area contributed by atoms with Gasteiger partial charge >= 0.3 is 0 Å². The fraction of sp³-hybridized carbons (Fsp3) is 0.273. The van der Waals surface area contributed by atoms with Gasteiger partial charge in [-0.3, -0.25) is 4.79 Å². The Labute approximate surface area is 87.9 Å². The highest BCUT2D eigenvalue weighted by Gasteiger charge is 2.25. The second-order valence-corrected chi connectivity index (χ2v) is 3.43. The Kier molecular flexibility index (Phi) is 2.55. The van der Waals surface area contributed by atoms with E-state index in [0.29, 0.717) is 6.42 Å². The first-order valence-corrected chi connectivity index (χ1v) is 4.80. The van der Waals surface area contributed by atoms with Crippen LogP contribution in [0.2, 0.25) is 0 Å². The third-order valence-electron chi connectivity index (χ3n) is 2.43. The van der Waals surface area contributed by atoms with E-state index in [1.807, 2.05) is 30.3 Å². The highest BCUT2D eigenvalue weighted by Crippen LogP contribution is 2.24.